The van der Waals surface area contributed by atoms with E-state index in [1.807, 2.05) is 30.3 Å². The average molecular weight is 290 g/mol. The fraction of sp³-hybridized carbons (Fsp3) is 0.500. The van der Waals surface area contributed by atoms with Crippen LogP contribution in [0.3, 0.4) is 0 Å². The molecule has 1 aliphatic heterocycles. The molecule has 1 atom stereocenters. The summed E-state index contributed by atoms with van der Waals surface area (Å²) < 4.78 is 5.41. The highest BCUT2D eigenvalue weighted by Gasteiger charge is 2.17. The highest BCUT2D eigenvalue weighted by molar-refractivity contribution is 5.96. The SMILES string of the molecule is O=C(CC(=O)NCC1CCCO1)NCCc1ccccc1. The van der Waals surface area contributed by atoms with E-state index in [-0.39, 0.29) is 24.3 Å². The van der Waals surface area contributed by atoms with Crippen LogP contribution < -0.4 is 10.6 Å². The molecular weight excluding hydrogens is 268 g/mol. The van der Waals surface area contributed by atoms with Crippen molar-refractivity contribution < 1.29 is 14.3 Å². The van der Waals surface area contributed by atoms with Gasteiger partial charge in [0.2, 0.25) is 11.8 Å². The highest BCUT2D eigenvalue weighted by atomic mass is 16.5. The van der Waals surface area contributed by atoms with Gasteiger partial charge in [-0.1, -0.05) is 30.3 Å². The van der Waals surface area contributed by atoms with Crippen molar-refractivity contribution in [3.63, 3.8) is 0 Å². The molecule has 0 aromatic heterocycles. The van der Waals surface area contributed by atoms with Gasteiger partial charge in [-0.3, -0.25) is 9.59 Å². The molecule has 2 rings (SSSR count). The number of carbonyl (C=O) groups is 2. The third-order valence-corrected chi connectivity index (χ3v) is 3.45. The summed E-state index contributed by atoms with van der Waals surface area (Å²) in [6, 6.07) is 9.92. The number of rotatable bonds is 7. The quantitative estimate of drug-likeness (QED) is 0.737. The third kappa shape index (κ3) is 5.95. The van der Waals surface area contributed by atoms with E-state index in [0.717, 1.165) is 25.9 Å². The van der Waals surface area contributed by atoms with Gasteiger partial charge in [-0.15, -0.1) is 0 Å². The van der Waals surface area contributed by atoms with Gasteiger partial charge in [-0.05, 0) is 24.8 Å². The summed E-state index contributed by atoms with van der Waals surface area (Å²) in [5, 5.41) is 5.50. The molecule has 0 radical (unpaired) electrons. The van der Waals surface area contributed by atoms with Gasteiger partial charge < -0.3 is 15.4 Å². The summed E-state index contributed by atoms with van der Waals surface area (Å²) in [5.41, 5.74) is 1.17. The predicted molar refractivity (Wildman–Crippen MR) is 79.8 cm³/mol. The molecule has 0 aliphatic carbocycles. The standard InChI is InChI=1S/C16H22N2O3/c19-15(17-9-8-13-5-2-1-3-6-13)11-16(20)18-12-14-7-4-10-21-14/h1-3,5-6,14H,4,7-12H2,(H,17,19)(H,18,20). The van der Waals surface area contributed by atoms with Crippen LogP contribution in [0.25, 0.3) is 0 Å². The van der Waals surface area contributed by atoms with Crippen molar-refractivity contribution in [2.75, 3.05) is 19.7 Å². The minimum absolute atomic E-state index is 0.107. The lowest BCUT2D eigenvalue weighted by molar-refractivity contribution is -0.129. The molecule has 1 saturated heterocycles. The molecule has 1 aromatic rings. The number of hydrogen-bond donors (Lipinski definition) is 2. The van der Waals surface area contributed by atoms with Gasteiger partial charge >= 0.3 is 0 Å². The van der Waals surface area contributed by atoms with Gasteiger partial charge in [-0.25, -0.2) is 0 Å². The van der Waals surface area contributed by atoms with E-state index in [1.54, 1.807) is 0 Å². The van der Waals surface area contributed by atoms with Gasteiger partial charge in [0.1, 0.15) is 6.42 Å². The zero-order valence-corrected chi connectivity index (χ0v) is 12.1. The fourth-order valence-electron chi connectivity index (χ4n) is 2.29. The van der Waals surface area contributed by atoms with Crippen LogP contribution in [0.5, 0.6) is 0 Å². The zero-order chi connectivity index (χ0) is 14.9. The number of benzene rings is 1. The highest BCUT2D eigenvalue weighted by Crippen LogP contribution is 2.10. The lowest BCUT2D eigenvalue weighted by Gasteiger charge is -2.10. The third-order valence-electron chi connectivity index (χ3n) is 3.45. The average Bonchev–Trinajstić information content (AvgIpc) is 2.99. The molecule has 0 saturated carbocycles. The Bertz CT molecular complexity index is 456. The van der Waals surface area contributed by atoms with Crippen molar-refractivity contribution in [1.82, 2.24) is 10.6 Å². The topological polar surface area (TPSA) is 67.4 Å². The second kappa shape index (κ2) is 8.42. The largest absolute Gasteiger partial charge is 0.376 e. The van der Waals surface area contributed by atoms with Gasteiger partial charge in [0.15, 0.2) is 0 Å². The van der Waals surface area contributed by atoms with Crippen molar-refractivity contribution in [2.24, 2.45) is 0 Å². The van der Waals surface area contributed by atoms with Crippen LogP contribution in [0.4, 0.5) is 0 Å². The summed E-state index contributed by atoms with van der Waals surface area (Å²) in [6.45, 7) is 1.80. The Morgan fingerprint density at radius 2 is 1.90 bits per heavy atom. The van der Waals surface area contributed by atoms with E-state index >= 15 is 0 Å². The summed E-state index contributed by atoms with van der Waals surface area (Å²) in [5.74, 6) is -0.488. The smallest absolute Gasteiger partial charge is 0.229 e. The first-order valence-electron chi connectivity index (χ1n) is 7.43. The van der Waals surface area contributed by atoms with Gasteiger partial charge in [0.05, 0.1) is 6.10 Å². The monoisotopic (exact) mass is 290 g/mol. The van der Waals surface area contributed by atoms with Crippen molar-refractivity contribution in [3.05, 3.63) is 35.9 Å². The summed E-state index contributed by atoms with van der Waals surface area (Å²) in [4.78, 5) is 23.3. The number of hydrogen-bond acceptors (Lipinski definition) is 3. The summed E-state index contributed by atoms with van der Waals surface area (Å²) >= 11 is 0. The van der Waals surface area contributed by atoms with E-state index in [0.29, 0.717) is 13.1 Å². The van der Waals surface area contributed by atoms with Gasteiger partial charge in [0, 0.05) is 19.7 Å². The number of amides is 2. The first-order valence-corrected chi connectivity index (χ1v) is 7.43. The van der Waals surface area contributed by atoms with Crippen molar-refractivity contribution in [1.29, 1.82) is 0 Å². The zero-order valence-electron chi connectivity index (χ0n) is 12.1. The maximum absolute atomic E-state index is 11.6. The Morgan fingerprint density at radius 3 is 2.62 bits per heavy atom. The molecule has 21 heavy (non-hydrogen) atoms. The molecule has 2 N–H and O–H groups in total. The van der Waals surface area contributed by atoms with Crippen LogP contribution in [0.15, 0.2) is 30.3 Å². The number of carbonyl (C=O) groups excluding carboxylic acids is 2. The normalized spacial score (nSPS) is 17.4. The Hall–Kier alpha value is -1.88. The van der Waals surface area contributed by atoms with Crippen molar-refractivity contribution in [2.45, 2.75) is 31.8 Å². The second-order valence-electron chi connectivity index (χ2n) is 5.20. The van der Waals surface area contributed by atoms with E-state index in [1.165, 1.54) is 5.56 Å². The number of nitrogens with one attached hydrogen (secondary N) is 2. The van der Waals surface area contributed by atoms with E-state index in [9.17, 15) is 9.59 Å². The van der Waals surface area contributed by atoms with Crippen molar-refractivity contribution >= 4 is 11.8 Å². The molecule has 1 aliphatic rings. The molecule has 1 fully saturated rings. The van der Waals surface area contributed by atoms with Gasteiger partial charge in [-0.2, -0.15) is 0 Å². The van der Waals surface area contributed by atoms with Crippen LogP contribution in [-0.2, 0) is 20.7 Å². The Kier molecular flexibility index (Phi) is 6.22. The first kappa shape index (κ1) is 15.5. The Labute approximate surface area is 125 Å². The first-order chi connectivity index (χ1) is 10.2. The minimum atomic E-state index is -0.247. The van der Waals surface area contributed by atoms with E-state index in [2.05, 4.69) is 10.6 Å². The second-order valence-corrected chi connectivity index (χ2v) is 5.20. The van der Waals surface area contributed by atoms with E-state index < -0.39 is 0 Å². The van der Waals surface area contributed by atoms with Crippen LogP contribution in [0.2, 0.25) is 0 Å². The molecule has 5 nitrogen and oxygen atoms in total. The molecule has 5 heteroatoms. The molecular formula is C16H22N2O3. The molecule has 1 unspecified atom stereocenters. The lowest BCUT2D eigenvalue weighted by Crippen LogP contribution is -2.36. The predicted octanol–water partition coefficient (Wildman–Crippen LogP) is 1.03. The van der Waals surface area contributed by atoms with Crippen LogP contribution in [-0.4, -0.2) is 37.6 Å². The molecule has 1 aromatic carbocycles. The molecule has 0 bridgehead atoms. The van der Waals surface area contributed by atoms with Crippen LogP contribution in [0, 0.1) is 0 Å². The summed E-state index contributed by atoms with van der Waals surface area (Å²) in [7, 11) is 0. The van der Waals surface area contributed by atoms with Gasteiger partial charge in [0.25, 0.3) is 0 Å². The Balaban J connectivity index is 1.57. The fourth-order valence-corrected chi connectivity index (χ4v) is 2.29. The molecule has 114 valence electrons. The Morgan fingerprint density at radius 1 is 1.14 bits per heavy atom. The maximum atomic E-state index is 11.6. The minimum Gasteiger partial charge on any atom is -0.376 e. The van der Waals surface area contributed by atoms with Crippen LogP contribution in [0.1, 0.15) is 24.8 Å². The molecule has 0 spiro atoms. The number of ether oxygens (including phenoxy) is 1. The van der Waals surface area contributed by atoms with E-state index in [4.69, 9.17) is 4.74 Å². The van der Waals surface area contributed by atoms with Crippen molar-refractivity contribution in [3.8, 4) is 0 Å². The lowest BCUT2D eigenvalue weighted by atomic mass is 10.1. The maximum Gasteiger partial charge on any atom is 0.229 e. The molecule has 1 heterocycles. The van der Waals surface area contributed by atoms with Crippen LogP contribution >= 0.6 is 0 Å². The molecule has 2 amide bonds. The summed E-state index contributed by atoms with van der Waals surface area (Å²) in [6.07, 6.45) is 2.77.